The molecule has 2 saturated heterocycles. The maximum absolute atomic E-state index is 12.7. The summed E-state index contributed by atoms with van der Waals surface area (Å²) in [4.78, 5) is 26.0. The van der Waals surface area contributed by atoms with Gasteiger partial charge in [-0.15, -0.1) is 0 Å². The third kappa shape index (κ3) is 3.45. The smallest absolute Gasteiger partial charge is 0.419 e. The number of carbonyl (C=O) groups is 2. The van der Waals surface area contributed by atoms with Gasteiger partial charge in [0.25, 0.3) is 0 Å². The first-order valence-electron chi connectivity index (χ1n) is 8.37. The van der Waals surface area contributed by atoms with Crippen molar-refractivity contribution in [3.63, 3.8) is 0 Å². The van der Waals surface area contributed by atoms with Gasteiger partial charge in [-0.2, -0.15) is 0 Å². The van der Waals surface area contributed by atoms with Gasteiger partial charge in [0, 0.05) is 21.3 Å². The van der Waals surface area contributed by atoms with Crippen molar-refractivity contribution in [3.8, 4) is 0 Å². The number of ether oxygens (including phenoxy) is 5. The molecule has 2 heterocycles. The highest BCUT2D eigenvalue weighted by molar-refractivity contribution is 5.94. The van der Waals surface area contributed by atoms with Crippen LogP contribution in [0, 0.1) is 0 Å². The number of imide groups is 1. The summed E-state index contributed by atoms with van der Waals surface area (Å²) in [6.07, 6.45) is -3.69. The Morgan fingerprint density at radius 1 is 1.23 bits per heavy atom. The lowest BCUT2D eigenvalue weighted by molar-refractivity contribution is -0.147. The Kier molecular flexibility index (Phi) is 5.87. The highest BCUT2D eigenvalue weighted by Crippen LogP contribution is 2.36. The van der Waals surface area contributed by atoms with E-state index in [2.05, 4.69) is 0 Å². The summed E-state index contributed by atoms with van der Waals surface area (Å²) in [6, 6.07) is 9.19. The van der Waals surface area contributed by atoms with E-state index in [9.17, 15) is 9.59 Å². The Balaban J connectivity index is 1.77. The van der Waals surface area contributed by atoms with E-state index in [1.807, 2.05) is 30.3 Å². The number of hydrogen-bond acceptors (Lipinski definition) is 7. The first-order chi connectivity index (χ1) is 12.6. The topological polar surface area (TPSA) is 83.5 Å². The van der Waals surface area contributed by atoms with Gasteiger partial charge in [0.1, 0.15) is 18.3 Å². The monoisotopic (exact) mass is 365 g/mol. The second kappa shape index (κ2) is 8.13. The summed E-state index contributed by atoms with van der Waals surface area (Å²) in [5.41, 5.74) is 0.806. The quantitative estimate of drug-likeness (QED) is 0.712. The average Bonchev–Trinajstić information content (AvgIpc) is 3.14. The fourth-order valence-electron chi connectivity index (χ4n) is 3.40. The van der Waals surface area contributed by atoms with E-state index in [1.165, 1.54) is 14.2 Å². The third-order valence-corrected chi connectivity index (χ3v) is 4.65. The summed E-state index contributed by atoms with van der Waals surface area (Å²) in [6.45, 7) is 0.284. The van der Waals surface area contributed by atoms with Gasteiger partial charge in [0.2, 0.25) is 5.91 Å². The molecule has 8 nitrogen and oxygen atoms in total. The van der Waals surface area contributed by atoms with Crippen molar-refractivity contribution in [1.82, 2.24) is 4.90 Å². The van der Waals surface area contributed by atoms with Gasteiger partial charge in [0.05, 0.1) is 13.0 Å². The van der Waals surface area contributed by atoms with Crippen LogP contribution in [-0.4, -0.2) is 75.5 Å². The zero-order chi connectivity index (χ0) is 18.7. The van der Waals surface area contributed by atoms with Crippen LogP contribution in [0.2, 0.25) is 0 Å². The maximum Gasteiger partial charge on any atom is 0.419 e. The van der Waals surface area contributed by atoms with Crippen LogP contribution in [0.15, 0.2) is 30.3 Å². The SMILES string of the molecule is COC[C@@H](OC)[C@H]1O[C@H]2[C@H](OC(=O)N2C(=O)Cc2ccccc2)[C@H]1OC. The maximum atomic E-state index is 12.7. The fourth-order valence-corrected chi connectivity index (χ4v) is 3.40. The largest absolute Gasteiger partial charge is 0.438 e. The molecule has 0 unspecified atom stereocenters. The minimum atomic E-state index is -0.844. The molecule has 2 aliphatic heterocycles. The minimum Gasteiger partial charge on any atom is -0.438 e. The second-order valence-electron chi connectivity index (χ2n) is 6.20. The van der Waals surface area contributed by atoms with Crippen molar-refractivity contribution in [3.05, 3.63) is 35.9 Å². The molecule has 142 valence electrons. The molecular weight excluding hydrogens is 342 g/mol. The summed E-state index contributed by atoms with van der Waals surface area (Å²) in [5.74, 6) is -0.384. The average molecular weight is 365 g/mol. The van der Waals surface area contributed by atoms with Crippen LogP contribution in [0.5, 0.6) is 0 Å². The van der Waals surface area contributed by atoms with E-state index in [0.717, 1.165) is 10.5 Å². The number of fused-ring (bicyclic) bond motifs is 1. The van der Waals surface area contributed by atoms with E-state index in [-0.39, 0.29) is 18.9 Å². The number of methoxy groups -OCH3 is 3. The molecule has 0 spiro atoms. The van der Waals surface area contributed by atoms with Crippen molar-refractivity contribution < 1.29 is 33.3 Å². The van der Waals surface area contributed by atoms with Crippen LogP contribution < -0.4 is 0 Å². The van der Waals surface area contributed by atoms with Crippen LogP contribution >= 0.6 is 0 Å². The molecule has 1 aromatic carbocycles. The molecular formula is C18H23NO7. The molecule has 5 atom stereocenters. The van der Waals surface area contributed by atoms with Gasteiger partial charge in [-0.3, -0.25) is 4.79 Å². The van der Waals surface area contributed by atoms with Gasteiger partial charge < -0.3 is 23.7 Å². The second-order valence-corrected chi connectivity index (χ2v) is 6.20. The summed E-state index contributed by atoms with van der Waals surface area (Å²) >= 11 is 0. The van der Waals surface area contributed by atoms with Gasteiger partial charge in [-0.05, 0) is 5.56 Å². The molecule has 2 amide bonds. The van der Waals surface area contributed by atoms with Gasteiger partial charge >= 0.3 is 6.09 Å². The van der Waals surface area contributed by atoms with E-state index in [4.69, 9.17) is 23.7 Å². The molecule has 0 bridgehead atoms. The van der Waals surface area contributed by atoms with Crippen LogP contribution in [0.1, 0.15) is 5.56 Å². The summed E-state index contributed by atoms with van der Waals surface area (Å²) in [5, 5.41) is 0. The lowest BCUT2D eigenvalue weighted by Crippen LogP contribution is -2.44. The highest BCUT2D eigenvalue weighted by atomic mass is 16.7. The Morgan fingerprint density at radius 3 is 2.58 bits per heavy atom. The van der Waals surface area contributed by atoms with Gasteiger partial charge in [0.15, 0.2) is 12.3 Å². The molecule has 26 heavy (non-hydrogen) atoms. The summed E-state index contributed by atoms with van der Waals surface area (Å²) in [7, 11) is 4.60. The zero-order valence-electron chi connectivity index (χ0n) is 15.0. The minimum absolute atomic E-state index is 0.0800. The van der Waals surface area contributed by atoms with E-state index in [0.29, 0.717) is 0 Å². The molecule has 2 aliphatic rings. The Bertz CT molecular complexity index is 638. The number of hydrogen-bond donors (Lipinski definition) is 0. The lowest BCUT2D eigenvalue weighted by atomic mass is 10.1. The third-order valence-electron chi connectivity index (χ3n) is 4.65. The van der Waals surface area contributed by atoms with Crippen molar-refractivity contribution in [2.24, 2.45) is 0 Å². The fraction of sp³-hybridized carbons (Fsp3) is 0.556. The standard InChI is InChI=1S/C18H23NO7/c1-22-10-12(23-2)14-15(24-3)16-17(25-14)19(18(21)26-16)13(20)9-11-7-5-4-6-8-11/h4-8,12,14-17H,9-10H2,1-3H3/t12-,14-,15+,16-,17+/m1/s1. The predicted octanol–water partition coefficient (Wildman–Crippen LogP) is 0.978. The van der Waals surface area contributed by atoms with E-state index < -0.39 is 36.7 Å². The molecule has 1 aromatic rings. The van der Waals surface area contributed by atoms with Gasteiger partial charge in [-0.1, -0.05) is 30.3 Å². The predicted molar refractivity (Wildman–Crippen MR) is 89.4 cm³/mol. The van der Waals surface area contributed by atoms with E-state index in [1.54, 1.807) is 7.11 Å². The van der Waals surface area contributed by atoms with Crippen molar-refractivity contribution in [2.75, 3.05) is 27.9 Å². The number of carbonyl (C=O) groups excluding carboxylic acids is 2. The molecule has 0 aliphatic carbocycles. The van der Waals surface area contributed by atoms with Gasteiger partial charge in [-0.25, -0.2) is 9.69 Å². The van der Waals surface area contributed by atoms with Crippen molar-refractivity contribution >= 4 is 12.0 Å². The molecule has 0 saturated carbocycles. The highest BCUT2D eigenvalue weighted by Gasteiger charge is 2.59. The Morgan fingerprint density at radius 2 is 1.96 bits per heavy atom. The summed E-state index contributed by atoms with van der Waals surface area (Å²) < 4.78 is 27.4. The number of rotatable bonds is 7. The zero-order valence-corrected chi connectivity index (χ0v) is 15.0. The Hall–Kier alpha value is -2.00. The molecule has 0 radical (unpaired) electrons. The van der Waals surface area contributed by atoms with Crippen LogP contribution in [0.4, 0.5) is 4.79 Å². The van der Waals surface area contributed by atoms with Crippen LogP contribution in [0.3, 0.4) is 0 Å². The molecule has 3 rings (SSSR count). The molecule has 8 heteroatoms. The molecule has 0 aromatic heterocycles. The molecule has 0 N–H and O–H groups in total. The number of benzene rings is 1. The number of amides is 2. The van der Waals surface area contributed by atoms with Crippen molar-refractivity contribution in [1.29, 1.82) is 0 Å². The first-order valence-corrected chi connectivity index (χ1v) is 8.37. The Labute approximate surface area is 151 Å². The normalized spacial score (nSPS) is 28.7. The molecule has 2 fully saturated rings. The van der Waals surface area contributed by atoms with Crippen LogP contribution in [-0.2, 0) is 34.9 Å². The van der Waals surface area contributed by atoms with E-state index >= 15 is 0 Å². The van der Waals surface area contributed by atoms with Crippen LogP contribution in [0.25, 0.3) is 0 Å². The van der Waals surface area contributed by atoms with Crippen molar-refractivity contribution in [2.45, 2.75) is 37.1 Å². The number of nitrogens with zero attached hydrogens (tertiary/aromatic N) is 1. The first kappa shape index (κ1) is 18.8. The lowest BCUT2D eigenvalue weighted by Gasteiger charge is -2.27.